The first-order chi connectivity index (χ1) is 7.24. The highest BCUT2D eigenvalue weighted by molar-refractivity contribution is 4.61. The maximum Gasteiger partial charge on any atom is 0.0494 e. The van der Waals surface area contributed by atoms with Crippen molar-refractivity contribution in [2.75, 3.05) is 19.8 Å². The molecule has 0 saturated heterocycles. The largest absolute Gasteiger partial charge is 0.396 e. The van der Waals surface area contributed by atoms with Gasteiger partial charge in [-0.05, 0) is 37.5 Å². The summed E-state index contributed by atoms with van der Waals surface area (Å²) in [6.07, 6.45) is 5.90. The number of hydrogen-bond acceptors (Lipinski definition) is 2. The first kappa shape index (κ1) is 14.9. The molecule has 0 aromatic rings. The van der Waals surface area contributed by atoms with Crippen LogP contribution in [0.1, 0.15) is 52.9 Å². The first-order valence-corrected chi connectivity index (χ1v) is 6.43. The molecular formula is C13H28O2. The van der Waals surface area contributed by atoms with Gasteiger partial charge in [-0.15, -0.1) is 0 Å². The Morgan fingerprint density at radius 1 is 1.07 bits per heavy atom. The van der Waals surface area contributed by atoms with Crippen molar-refractivity contribution in [2.24, 2.45) is 11.8 Å². The van der Waals surface area contributed by atoms with Crippen molar-refractivity contribution in [1.29, 1.82) is 0 Å². The first-order valence-electron chi connectivity index (χ1n) is 6.43. The van der Waals surface area contributed by atoms with Crippen molar-refractivity contribution in [3.05, 3.63) is 0 Å². The van der Waals surface area contributed by atoms with Crippen LogP contribution in [-0.4, -0.2) is 24.9 Å². The molecule has 0 aliphatic rings. The molecule has 0 heterocycles. The molecule has 15 heavy (non-hydrogen) atoms. The van der Waals surface area contributed by atoms with E-state index in [1.165, 1.54) is 19.3 Å². The SMILES string of the molecule is CCCOCC(CCC)CCC(C)CO. The van der Waals surface area contributed by atoms with Crippen molar-refractivity contribution in [3.63, 3.8) is 0 Å². The van der Waals surface area contributed by atoms with Crippen LogP contribution in [0.2, 0.25) is 0 Å². The fraction of sp³-hybridized carbons (Fsp3) is 1.00. The van der Waals surface area contributed by atoms with E-state index >= 15 is 0 Å². The van der Waals surface area contributed by atoms with Gasteiger partial charge in [0.15, 0.2) is 0 Å². The van der Waals surface area contributed by atoms with Crippen LogP contribution >= 0.6 is 0 Å². The number of aliphatic hydroxyl groups is 1. The number of ether oxygens (including phenoxy) is 1. The minimum atomic E-state index is 0.314. The molecular weight excluding hydrogens is 188 g/mol. The molecule has 0 rings (SSSR count). The topological polar surface area (TPSA) is 29.5 Å². The highest BCUT2D eigenvalue weighted by atomic mass is 16.5. The van der Waals surface area contributed by atoms with Crippen LogP contribution in [0.3, 0.4) is 0 Å². The lowest BCUT2D eigenvalue weighted by molar-refractivity contribution is 0.0890. The van der Waals surface area contributed by atoms with Gasteiger partial charge >= 0.3 is 0 Å². The van der Waals surface area contributed by atoms with E-state index in [0.29, 0.717) is 18.4 Å². The average molecular weight is 216 g/mol. The van der Waals surface area contributed by atoms with Crippen molar-refractivity contribution in [1.82, 2.24) is 0 Å². The number of hydrogen-bond donors (Lipinski definition) is 1. The molecule has 0 aromatic carbocycles. The van der Waals surface area contributed by atoms with Gasteiger partial charge in [-0.2, -0.15) is 0 Å². The molecule has 0 spiro atoms. The van der Waals surface area contributed by atoms with E-state index in [1.807, 2.05) is 0 Å². The van der Waals surface area contributed by atoms with Crippen molar-refractivity contribution in [2.45, 2.75) is 52.9 Å². The van der Waals surface area contributed by atoms with E-state index in [0.717, 1.165) is 26.1 Å². The Morgan fingerprint density at radius 3 is 2.33 bits per heavy atom. The molecule has 0 amide bonds. The van der Waals surface area contributed by atoms with Crippen LogP contribution in [0, 0.1) is 11.8 Å². The Labute approximate surface area is 95.0 Å². The molecule has 2 atom stereocenters. The van der Waals surface area contributed by atoms with Crippen molar-refractivity contribution < 1.29 is 9.84 Å². The third-order valence-corrected chi connectivity index (χ3v) is 2.78. The van der Waals surface area contributed by atoms with Gasteiger partial charge in [-0.1, -0.05) is 27.2 Å². The van der Waals surface area contributed by atoms with Gasteiger partial charge < -0.3 is 9.84 Å². The predicted octanol–water partition coefficient (Wildman–Crippen LogP) is 3.24. The Kier molecular flexibility index (Phi) is 10.4. The molecule has 0 aliphatic heterocycles. The Hall–Kier alpha value is -0.0800. The lowest BCUT2D eigenvalue weighted by Gasteiger charge is -2.17. The molecule has 2 unspecified atom stereocenters. The maximum atomic E-state index is 8.96. The normalized spacial score (nSPS) is 15.2. The lowest BCUT2D eigenvalue weighted by atomic mass is 9.94. The van der Waals surface area contributed by atoms with E-state index in [2.05, 4.69) is 20.8 Å². The summed E-state index contributed by atoms with van der Waals surface area (Å²) in [6, 6.07) is 0. The van der Waals surface area contributed by atoms with Crippen LogP contribution in [0.15, 0.2) is 0 Å². The summed E-state index contributed by atoms with van der Waals surface area (Å²) in [5, 5.41) is 8.96. The Balaban J connectivity index is 3.62. The summed E-state index contributed by atoms with van der Waals surface area (Å²) in [7, 11) is 0. The van der Waals surface area contributed by atoms with Crippen LogP contribution < -0.4 is 0 Å². The minimum Gasteiger partial charge on any atom is -0.396 e. The highest BCUT2D eigenvalue weighted by Crippen LogP contribution is 2.17. The third-order valence-electron chi connectivity index (χ3n) is 2.78. The monoisotopic (exact) mass is 216 g/mol. The number of aliphatic hydroxyl groups excluding tert-OH is 1. The summed E-state index contributed by atoms with van der Waals surface area (Å²) < 4.78 is 5.60. The van der Waals surface area contributed by atoms with Crippen molar-refractivity contribution >= 4 is 0 Å². The molecule has 1 N–H and O–H groups in total. The fourth-order valence-electron chi connectivity index (χ4n) is 1.73. The quantitative estimate of drug-likeness (QED) is 0.568. The zero-order valence-corrected chi connectivity index (χ0v) is 10.7. The zero-order valence-electron chi connectivity index (χ0n) is 10.7. The second-order valence-corrected chi connectivity index (χ2v) is 4.59. The van der Waals surface area contributed by atoms with Gasteiger partial charge in [0.1, 0.15) is 0 Å². The van der Waals surface area contributed by atoms with E-state index in [9.17, 15) is 0 Å². The summed E-state index contributed by atoms with van der Waals surface area (Å²) in [6.45, 7) is 8.57. The van der Waals surface area contributed by atoms with Gasteiger partial charge in [0.25, 0.3) is 0 Å². The molecule has 0 bridgehead atoms. The van der Waals surface area contributed by atoms with Crippen molar-refractivity contribution in [3.8, 4) is 0 Å². The Bertz CT molecular complexity index is 126. The van der Waals surface area contributed by atoms with E-state index < -0.39 is 0 Å². The van der Waals surface area contributed by atoms with Gasteiger partial charge in [-0.25, -0.2) is 0 Å². The average Bonchev–Trinajstić information content (AvgIpc) is 2.25. The van der Waals surface area contributed by atoms with Gasteiger partial charge in [0.05, 0.1) is 0 Å². The van der Waals surface area contributed by atoms with E-state index in [1.54, 1.807) is 0 Å². The summed E-state index contributed by atoms with van der Waals surface area (Å²) in [4.78, 5) is 0. The molecule has 0 aliphatic carbocycles. The minimum absolute atomic E-state index is 0.314. The second kappa shape index (κ2) is 10.4. The standard InChI is InChI=1S/C13H28O2/c1-4-6-13(11-15-9-5-2)8-7-12(3)10-14/h12-14H,4-11H2,1-3H3. The van der Waals surface area contributed by atoms with E-state index in [-0.39, 0.29) is 0 Å². The summed E-state index contributed by atoms with van der Waals surface area (Å²) >= 11 is 0. The smallest absolute Gasteiger partial charge is 0.0494 e. The summed E-state index contributed by atoms with van der Waals surface area (Å²) in [5.41, 5.74) is 0. The van der Waals surface area contributed by atoms with Crippen LogP contribution in [-0.2, 0) is 4.74 Å². The van der Waals surface area contributed by atoms with Crippen LogP contribution in [0.25, 0.3) is 0 Å². The molecule has 0 fully saturated rings. The van der Waals surface area contributed by atoms with Gasteiger partial charge in [0, 0.05) is 19.8 Å². The molecule has 2 heteroatoms. The maximum absolute atomic E-state index is 8.96. The molecule has 2 nitrogen and oxygen atoms in total. The molecule has 0 saturated carbocycles. The van der Waals surface area contributed by atoms with Crippen LogP contribution in [0.4, 0.5) is 0 Å². The van der Waals surface area contributed by atoms with Crippen LogP contribution in [0.5, 0.6) is 0 Å². The second-order valence-electron chi connectivity index (χ2n) is 4.59. The predicted molar refractivity (Wildman–Crippen MR) is 65.0 cm³/mol. The molecule has 0 radical (unpaired) electrons. The summed E-state index contributed by atoms with van der Waals surface area (Å²) in [5.74, 6) is 1.13. The zero-order chi connectivity index (χ0) is 11.5. The van der Waals surface area contributed by atoms with Gasteiger partial charge in [-0.3, -0.25) is 0 Å². The number of rotatable bonds is 10. The molecule has 92 valence electrons. The van der Waals surface area contributed by atoms with E-state index in [4.69, 9.17) is 9.84 Å². The Morgan fingerprint density at radius 2 is 1.80 bits per heavy atom. The third kappa shape index (κ3) is 8.88. The van der Waals surface area contributed by atoms with Gasteiger partial charge in [0.2, 0.25) is 0 Å². The lowest BCUT2D eigenvalue weighted by Crippen LogP contribution is -2.12. The fourth-order valence-corrected chi connectivity index (χ4v) is 1.73. The highest BCUT2D eigenvalue weighted by Gasteiger charge is 2.10. The molecule has 0 aromatic heterocycles.